The van der Waals surface area contributed by atoms with Crippen molar-refractivity contribution < 1.29 is 4.79 Å². The van der Waals surface area contributed by atoms with Gasteiger partial charge in [-0.3, -0.25) is 4.79 Å². The number of carbonyl (C=O) groups excluding carboxylic acids is 1. The summed E-state index contributed by atoms with van der Waals surface area (Å²) in [5.41, 5.74) is 1.37. The van der Waals surface area contributed by atoms with Crippen molar-refractivity contribution in [3.63, 3.8) is 0 Å². The molecule has 5 nitrogen and oxygen atoms in total. The lowest BCUT2D eigenvalue weighted by molar-refractivity contribution is -0.121. The van der Waals surface area contributed by atoms with E-state index in [2.05, 4.69) is 21.1 Å². The van der Waals surface area contributed by atoms with Crippen LogP contribution >= 0.6 is 11.5 Å². The Balaban J connectivity index is 1.68. The van der Waals surface area contributed by atoms with E-state index in [0.717, 1.165) is 30.0 Å². The molecule has 0 atom stereocenters. The maximum atomic E-state index is 11.4. The van der Waals surface area contributed by atoms with Gasteiger partial charge in [-0.05, 0) is 37.7 Å². The van der Waals surface area contributed by atoms with Gasteiger partial charge in [-0.1, -0.05) is 0 Å². The second kappa shape index (κ2) is 5.83. The minimum atomic E-state index is 0.125. The van der Waals surface area contributed by atoms with Gasteiger partial charge in [-0.15, -0.1) is 0 Å². The predicted molar refractivity (Wildman–Crippen MR) is 70.5 cm³/mol. The fraction of sp³-hybridized carbons (Fsp3) is 0.583. The number of nitrogens with one attached hydrogen (secondary N) is 2. The van der Waals surface area contributed by atoms with E-state index in [1.807, 2.05) is 6.92 Å². The van der Waals surface area contributed by atoms with Crippen molar-refractivity contribution in [1.29, 1.82) is 5.26 Å². The highest BCUT2D eigenvalue weighted by atomic mass is 32.1. The first kappa shape index (κ1) is 12.8. The first-order valence-electron chi connectivity index (χ1n) is 6.10. The average molecular weight is 264 g/mol. The van der Waals surface area contributed by atoms with Gasteiger partial charge in [0.2, 0.25) is 5.91 Å². The van der Waals surface area contributed by atoms with Crippen LogP contribution in [0.2, 0.25) is 0 Å². The molecule has 6 heteroatoms. The van der Waals surface area contributed by atoms with Gasteiger partial charge < -0.3 is 10.6 Å². The van der Waals surface area contributed by atoms with E-state index in [4.69, 9.17) is 5.26 Å². The molecule has 0 unspecified atom stereocenters. The van der Waals surface area contributed by atoms with Crippen LogP contribution in [-0.4, -0.2) is 22.9 Å². The Hall–Kier alpha value is -1.61. The van der Waals surface area contributed by atoms with Gasteiger partial charge in [-0.25, -0.2) is 0 Å². The Kier molecular flexibility index (Phi) is 4.15. The molecule has 1 aromatic rings. The zero-order chi connectivity index (χ0) is 13.0. The van der Waals surface area contributed by atoms with Crippen LogP contribution in [-0.2, 0) is 4.79 Å². The molecule has 0 aliphatic heterocycles. The Morgan fingerprint density at radius 3 is 3.06 bits per heavy atom. The monoisotopic (exact) mass is 264 g/mol. The second-order valence-electron chi connectivity index (χ2n) is 4.46. The molecule has 1 saturated carbocycles. The molecule has 2 N–H and O–H groups in total. The van der Waals surface area contributed by atoms with Crippen molar-refractivity contribution in [2.75, 3.05) is 11.9 Å². The molecule has 1 heterocycles. The third-order valence-electron chi connectivity index (χ3n) is 2.78. The maximum absolute atomic E-state index is 11.4. The van der Waals surface area contributed by atoms with Crippen LogP contribution in [0, 0.1) is 18.3 Å². The van der Waals surface area contributed by atoms with Gasteiger partial charge in [0.15, 0.2) is 0 Å². The fourth-order valence-electron chi connectivity index (χ4n) is 1.60. The number of rotatable bonds is 6. The van der Waals surface area contributed by atoms with Crippen molar-refractivity contribution in [2.45, 2.75) is 38.6 Å². The van der Waals surface area contributed by atoms with Gasteiger partial charge in [-0.2, -0.15) is 9.64 Å². The lowest BCUT2D eigenvalue weighted by atomic mass is 10.2. The van der Waals surface area contributed by atoms with Crippen LogP contribution in [0.4, 0.5) is 5.00 Å². The zero-order valence-electron chi connectivity index (χ0n) is 10.3. The summed E-state index contributed by atoms with van der Waals surface area (Å²) >= 11 is 1.30. The first-order chi connectivity index (χ1) is 8.70. The normalized spacial score (nSPS) is 14.0. The van der Waals surface area contributed by atoms with Crippen molar-refractivity contribution in [3.05, 3.63) is 11.3 Å². The molecule has 0 aromatic carbocycles. The largest absolute Gasteiger partial charge is 0.375 e. The van der Waals surface area contributed by atoms with E-state index in [1.165, 1.54) is 11.5 Å². The molecular weight excluding hydrogens is 248 g/mol. The van der Waals surface area contributed by atoms with Crippen molar-refractivity contribution in [3.8, 4) is 6.07 Å². The molecule has 0 radical (unpaired) electrons. The summed E-state index contributed by atoms with van der Waals surface area (Å²) in [5.74, 6) is 0.125. The third-order valence-corrected chi connectivity index (χ3v) is 3.68. The van der Waals surface area contributed by atoms with Crippen molar-refractivity contribution >= 4 is 22.4 Å². The maximum Gasteiger partial charge on any atom is 0.220 e. The number of hydrogen-bond donors (Lipinski definition) is 2. The number of nitriles is 1. The first-order valence-corrected chi connectivity index (χ1v) is 6.87. The summed E-state index contributed by atoms with van der Waals surface area (Å²) in [4.78, 5) is 11.4. The SMILES string of the molecule is Cc1nsc(NCCCC(=O)NC2CC2)c1C#N. The Morgan fingerprint density at radius 2 is 2.39 bits per heavy atom. The Labute approximate surface area is 110 Å². The van der Waals surface area contributed by atoms with E-state index in [0.29, 0.717) is 24.6 Å². The van der Waals surface area contributed by atoms with Crippen LogP contribution in [0.1, 0.15) is 36.9 Å². The summed E-state index contributed by atoms with van der Waals surface area (Å²) in [6.07, 6.45) is 3.54. The lowest BCUT2D eigenvalue weighted by Gasteiger charge is -2.04. The number of hydrogen-bond acceptors (Lipinski definition) is 5. The Morgan fingerprint density at radius 1 is 1.61 bits per heavy atom. The molecule has 0 saturated heterocycles. The fourth-order valence-corrected chi connectivity index (χ4v) is 2.37. The van der Waals surface area contributed by atoms with Gasteiger partial charge in [0, 0.05) is 19.0 Å². The van der Waals surface area contributed by atoms with Gasteiger partial charge >= 0.3 is 0 Å². The van der Waals surface area contributed by atoms with E-state index in [9.17, 15) is 4.79 Å². The van der Waals surface area contributed by atoms with Crippen molar-refractivity contribution in [1.82, 2.24) is 9.69 Å². The molecule has 1 aliphatic carbocycles. The summed E-state index contributed by atoms with van der Waals surface area (Å²) in [5, 5.41) is 15.9. The smallest absolute Gasteiger partial charge is 0.220 e. The summed E-state index contributed by atoms with van der Waals surface area (Å²) in [6, 6.07) is 2.56. The highest BCUT2D eigenvalue weighted by Crippen LogP contribution is 2.23. The van der Waals surface area contributed by atoms with Crippen LogP contribution in [0.3, 0.4) is 0 Å². The highest BCUT2D eigenvalue weighted by molar-refractivity contribution is 7.10. The Bertz CT molecular complexity index is 473. The number of amides is 1. The quantitative estimate of drug-likeness (QED) is 0.768. The highest BCUT2D eigenvalue weighted by Gasteiger charge is 2.22. The predicted octanol–water partition coefficient (Wildman–Crippen LogP) is 1.79. The molecule has 18 heavy (non-hydrogen) atoms. The summed E-state index contributed by atoms with van der Waals surface area (Å²) in [7, 11) is 0. The molecule has 1 aromatic heterocycles. The topological polar surface area (TPSA) is 77.8 Å². The lowest BCUT2D eigenvalue weighted by Crippen LogP contribution is -2.25. The van der Waals surface area contributed by atoms with Gasteiger partial charge in [0.1, 0.15) is 16.6 Å². The van der Waals surface area contributed by atoms with Gasteiger partial charge in [0.05, 0.1) is 5.69 Å². The standard InChI is InChI=1S/C12H16N4OS/c1-8-10(7-13)12(18-16-8)14-6-2-3-11(17)15-9-4-5-9/h9,14H,2-6H2,1H3,(H,15,17). The number of anilines is 1. The summed E-state index contributed by atoms with van der Waals surface area (Å²) in [6.45, 7) is 2.51. The number of aryl methyl sites for hydroxylation is 1. The van der Waals surface area contributed by atoms with E-state index in [1.54, 1.807) is 0 Å². The molecule has 2 rings (SSSR count). The third kappa shape index (κ3) is 3.44. The van der Waals surface area contributed by atoms with E-state index in [-0.39, 0.29) is 5.91 Å². The second-order valence-corrected chi connectivity index (χ2v) is 5.23. The molecule has 1 aliphatic rings. The minimum Gasteiger partial charge on any atom is -0.375 e. The minimum absolute atomic E-state index is 0.125. The van der Waals surface area contributed by atoms with Crippen LogP contribution in [0.5, 0.6) is 0 Å². The number of aromatic nitrogens is 1. The van der Waals surface area contributed by atoms with Crippen molar-refractivity contribution in [2.24, 2.45) is 0 Å². The molecule has 96 valence electrons. The molecule has 1 fully saturated rings. The molecular formula is C12H16N4OS. The van der Waals surface area contributed by atoms with Gasteiger partial charge in [0.25, 0.3) is 0 Å². The summed E-state index contributed by atoms with van der Waals surface area (Å²) < 4.78 is 4.13. The van der Waals surface area contributed by atoms with Crippen LogP contribution in [0.15, 0.2) is 0 Å². The van der Waals surface area contributed by atoms with Crippen LogP contribution < -0.4 is 10.6 Å². The molecule has 0 spiro atoms. The average Bonchev–Trinajstić information content (AvgIpc) is 3.08. The number of nitrogens with zero attached hydrogens (tertiary/aromatic N) is 2. The molecule has 0 bridgehead atoms. The zero-order valence-corrected chi connectivity index (χ0v) is 11.1. The van der Waals surface area contributed by atoms with E-state index >= 15 is 0 Å². The number of carbonyl (C=O) groups is 1. The molecule has 1 amide bonds. The van der Waals surface area contributed by atoms with E-state index < -0.39 is 0 Å². The van der Waals surface area contributed by atoms with Crippen LogP contribution in [0.25, 0.3) is 0 Å².